The summed E-state index contributed by atoms with van der Waals surface area (Å²) < 4.78 is 4.77. The zero-order chi connectivity index (χ0) is 13.1. The van der Waals surface area contributed by atoms with Gasteiger partial charge in [-0.3, -0.25) is 9.63 Å². The molecule has 0 aromatic carbocycles. The average Bonchev–Trinajstić information content (AvgIpc) is 2.33. The van der Waals surface area contributed by atoms with E-state index >= 15 is 0 Å². The number of hydrogen-bond acceptors (Lipinski definition) is 5. The van der Waals surface area contributed by atoms with Crippen LogP contribution >= 0.6 is 0 Å². The first-order valence-corrected chi connectivity index (χ1v) is 5.77. The number of ether oxygens (including phenoxy) is 1. The summed E-state index contributed by atoms with van der Waals surface area (Å²) in [5.74, 6) is -0.297. The molecule has 0 rings (SSSR count). The lowest BCUT2D eigenvalue weighted by Gasteiger charge is -2.08. The number of carbonyl (C=O) groups is 1. The van der Waals surface area contributed by atoms with Crippen LogP contribution in [0.1, 0.15) is 33.6 Å². The predicted octanol–water partition coefficient (Wildman–Crippen LogP) is 1.50. The first-order valence-electron chi connectivity index (χ1n) is 5.77. The second kappa shape index (κ2) is 9.68. The molecule has 0 radical (unpaired) electrons. The molecule has 0 aliphatic heterocycles. The number of nitrogens with zero attached hydrogens (tertiary/aromatic N) is 3. The maximum absolute atomic E-state index is 11.0. The molecule has 0 unspecified atom stereocenters. The molecule has 0 saturated heterocycles. The minimum absolute atomic E-state index is 0.208. The van der Waals surface area contributed by atoms with Gasteiger partial charge in [0.2, 0.25) is 0 Å². The maximum Gasteiger partial charge on any atom is 0.308 e. The van der Waals surface area contributed by atoms with E-state index in [2.05, 4.69) is 5.28 Å². The molecule has 0 bridgehead atoms. The summed E-state index contributed by atoms with van der Waals surface area (Å²) in [6.07, 6.45) is 1.13. The Morgan fingerprint density at radius 2 is 1.94 bits per heavy atom. The second-order valence-electron chi connectivity index (χ2n) is 3.17. The monoisotopic (exact) mass is 248 g/mol. The van der Waals surface area contributed by atoms with Crippen molar-refractivity contribution in [3.63, 3.8) is 0 Å². The van der Waals surface area contributed by atoms with Gasteiger partial charge in [-0.15, -0.1) is 5.01 Å². The second-order valence-corrected chi connectivity index (χ2v) is 3.17. The largest absolute Gasteiger partial charge is 0.425 e. The number of hydrazine groups is 1. The number of esters is 1. The summed E-state index contributed by atoms with van der Waals surface area (Å²) >= 11 is 0. The highest BCUT2D eigenvalue weighted by molar-refractivity contribution is 5.69. The standard InChI is InChI=1S/C10H22N3O4/c1-5-8-10(14)16-9-17-11-13(15-4)12(6-2)7-3/h5-9H2,1-4H3/q+1/b13-11-. The predicted molar refractivity (Wildman–Crippen MR) is 59.6 cm³/mol. The summed E-state index contributed by atoms with van der Waals surface area (Å²) in [6.45, 7) is 7.08. The van der Waals surface area contributed by atoms with Gasteiger partial charge in [-0.05, 0) is 20.3 Å². The van der Waals surface area contributed by atoms with Crippen molar-refractivity contribution in [1.82, 2.24) is 5.01 Å². The lowest BCUT2D eigenvalue weighted by Crippen LogP contribution is -2.33. The van der Waals surface area contributed by atoms with Crippen LogP contribution in [0.25, 0.3) is 0 Å². The number of carbonyl (C=O) groups excluding carboxylic acids is 1. The normalized spacial score (nSPS) is 10.9. The molecule has 0 atom stereocenters. The zero-order valence-corrected chi connectivity index (χ0v) is 11.0. The quantitative estimate of drug-likeness (QED) is 0.154. The highest BCUT2D eigenvalue weighted by Crippen LogP contribution is 1.95. The molecule has 0 aromatic rings. The fourth-order valence-corrected chi connectivity index (χ4v) is 1.11. The van der Waals surface area contributed by atoms with Crippen molar-refractivity contribution in [2.45, 2.75) is 33.6 Å². The van der Waals surface area contributed by atoms with Gasteiger partial charge in [-0.25, -0.2) is 4.84 Å². The topological polar surface area (TPSA) is 63.4 Å². The van der Waals surface area contributed by atoms with E-state index in [0.29, 0.717) is 6.42 Å². The van der Waals surface area contributed by atoms with Gasteiger partial charge in [0.05, 0.1) is 13.1 Å². The van der Waals surface area contributed by atoms with E-state index in [0.717, 1.165) is 19.5 Å². The molecule has 0 fully saturated rings. The van der Waals surface area contributed by atoms with Gasteiger partial charge in [0.25, 0.3) is 17.0 Å². The van der Waals surface area contributed by atoms with E-state index in [1.54, 1.807) is 5.01 Å². The maximum atomic E-state index is 11.0. The third-order valence-electron chi connectivity index (χ3n) is 1.99. The van der Waals surface area contributed by atoms with Gasteiger partial charge >= 0.3 is 5.97 Å². The van der Waals surface area contributed by atoms with Crippen LogP contribution in [0.3, 0.4) is 0 Å². The number of rotatable bonds is 9. The first-order chi connectivity index (χ1) is 8.19. The molecule has 0 aromatic heterocycles. The Bertz CT molecular complexity index is 242. The molecule has 0 amide bonds. The van der Waals surface area contributed by atoms with Crippen molar-refractivity contribution < 1.29 is 24.2 Å². The minimum Gasteiger partial charge on any atom is -0.425 e. The van der Waals surface area contributed by atoms with E-state index in [1.165, 1.54) is 12.1 Å². The molecule has 0 spiro atoms. The van der Waals surface area contributed by atoms with Crippen LogP contribution < -0.4 is 0 Å². The van der Waals surface area contributed by atoms with Gasteiger partial charge in [0, 0.05) is 6.42 Å². The van der Waals surface area contributed by atoms with Gasteiger partial charge < -0.3 is 4.74 Å². The van der Waals surface area contributed by atoms with Crippen molar-refractivity contribution in [2.75, 3.05) is 27.0 Å². The lowest BCUT2D eigenvalue weighted by molar-refractivity contribution is -0.943. The SMILES string of the molecule is CCCC(=O)OCO/N=[N+](\OC)N(CC)CC. The third-order valence-corrected chi connectivity index (χ3v) is 1.99. The summed E-state index contributed by atoms with van der Waals surface area (Å²) in [4.78, 5) is 22.0. The Morgan fingerprint density at radius 1 is 1.29 bits per heavy atom. The molecule has 0 N–H and O–H groups in total. The zero-order valence-electron chi connectivity index (χ0n) is 11.0. The smallest absolute Gasteiger partial charge is 0.308 e. The first kappa shape index (κ1) is 15.5. The molecule has 0 aliphatic carbocycles. The number of hydrogen-bond donors (Lipinski definition) is 0. The van der Waals surface area contributed by atoms with Gasteiger partial charge in [0.1, 0.15) is 0 Å². The van der Waals surface area contributed by atoms with E-state index in [-0.39, 0.29) is 12.8 Å². The van der Waals surface area contributed by atoms with Crippen LogP contribution in [0.15, 0.2) is 5.28 Å². The van der Waals surface area contributed by atoms with Crippen LogP contribution in [-0.2, 0) is 19.2 Å². The van der Waals surface area contributed by atoms with Gasteiger partial charge in [0.15, 0.2) is 7.11 Å². The van der Waals surface area contributed by atoms with Crippen molar-refractivity contribution in [1.29, 1.82) is 0 Å². The molecular formula is C10H22N3O4+. The Balaban J connectivity index is 3.98. The highest BCUT2D eigenvalue weighted by atomic mass is 16.8. The highest BCUT2D eigenvalue weighted by Gasteiger charge is 2.16. The third kappa shape index (κ3) is 6.60. The van der Waals surface area contributed by atoms with E-state index in [1.807, 2.05) is 20.8 Å². The Kier molecular flexibility index (Phi) is 8.81. The van der Waals surface area contributed by atoms with Gasteiger partial charge in [-0.2, -0.15) is 0 Å². The van der Waals surface area contributed by atoms with E-state index in [4.69, 9.17) is 14.4 Å². The lowest BCUT2D eigenvalue weighted by atomic mass is 10.3. The Labute approximate surface area is 102 Å². The minimum atomic E-state index is -0.297. The summed E-state index contributed by atoms with van der Waals surface area (Å²) in [6, 6.07) is 0. The van der Waals surface area contributed by atoms with Crippen molar-refractivity contribution in [3.05, 3.63) is 0 Å². The molecule has 0 aliphatic rings. The Hall–Kier alpha value is -1.53. The summed E-state index contributed by atoms with van der Waals surface area (Å²) in [7, 11) is 1.48. The average molecular weight is 248 g/mol. The fourth-order valence-electron chi connectivity index (χ4n) is 1.11. The van der Waals surface area contributed by atoms with Crippen LogP contribution in [0, 0.1) is 0 Å². The summed E-state index contributed by atoms with van der Waals surface area (Å²) in [5.41, 5.74) is 0. The van der Waals surface area contributed by atoms with E-state index < -0.39 is 0 Å². The molecule has 0 saturated carbocycles. The van der Waals surface area contributed by atoms with Crippen molar-refractivity contribution >= 4 is 5.97 Å². The molecule has 7 heteroatoms. The Morgan fingerprint density at radius 3 is 2.41 bits per heavy atom. The summed E-state index contributed by atoms with van der Waals surface area (Å²) in [5, 5.41) is 5.48. The molecule has 17 heavy (non-hydrogen) atoms. The van der Waals surface area contributed by atoms with E-state index in [9.17, 15) is 4.79 Å². The molecule has 0 heterocycles. The van der Waals surface area contributed by atoms with Crippen molar-refractivity contribution in [2.24, 2.45) is 5.28 Å². The van der Waals surface area contributed by atoms with Crippen molar-refractivity contribution in [3.8, 4) is 0 Å². The molecule has 7 nitrogen and oxygen atoms in total. The van der Waals surface area contributed by atoms with Gasteiger partial charge in [-0.1, -0.05) is 6.92 Å². The fraction of sp³-hybridized carbons (Fsp3) is 0.900. The van der Waals surface area contributed by atoms with Crippen LogP contribution in [0.5, 0.6) is 0 Å². The molecular weight excluding hydrogens is 226 g/mol. The molecule has 100 valence electrons. The van der Waals surface area contributed by atoms with Crippen LogP contribution in [0.4, 0.5) is 0 Å². The van der Waals surface area contributed by atoms with Crippen LogP contribution in [0.2, 0.25) is 0 Å². The van der Waals surface area contributed by atoms with Crippen LogP contribution in [-0.4, -0.2) is 42.9 Å².